The van der Waals surface area contributed by atoms with Gasteiger partial charge in [-0.15, -0.1) is 0 Å². The van der Waals surface area contributed by atoms with E-state index in [0.29, 0.717) is 23.9 Å². The molecule has 4 rings (SSSR count). The third kappa shape index (κ3) is 4.56. The van der Waals surface area contributed by atoms with Crippen LogP contribution in [0.3, 0.4) is 0 Å². The molecule has 2 N–H and O–H groups in total. The van der Waals surface area contributed by atoms with E-state index in [1.54, 1.807) is 10.9 Å². The molecule has 1 aliphatic rings. The van der Waals surface area contributed by atoms with Gasteiger partial charge in [0.1, 0.15) is 6.07 Å². The SMILES string of the molecule is Cn1ccc(Nc2nccc(-c3cc(C#N)c4c(c3)[C@@](C)(CO[Si](C)(C)C(C)(C)C)CN4)n2)n1. The zero-order valence-corrected chi connectivity index (χ0v) is 22.0. The first-order valence-corrected chi connectivity index (χ1v) is 14.4. The molecule has 0 bridgehead atoms. The van der Waals surface area contributed by atoms with Crippen LogP contribution in [0.2, 0.25) is 18.1 Å². The van der Waals surface area contributed by atoms with Crippen LogP contribution >= 0.6 is 0 Å². The van der Waals surface area contributed by atoms with E-state index in [9.17, 15) is 5.26 Å². The minimum atomic E-state index is -1.91. The summed E-state index contributed by atoms with van der Waals surface area (Å²) in [6, 6.07) is 10.1. The molecule has 0 saturated carbocycles. The van der Waals surface area contributed by atoms with Crippen molar-refractivity contribution >= 4 is 25.8 Å². The van der Waals surface area contributed by atoms with Gasteiger partial charge in [0, 0.05) is 49.6 Å². The van der Waals surface area contributed by atoms with E-state index < -0.39 is 8.32 Å². The van der Waals surface area contributed by atoms with Crippen molar-refractivity contribution in [3.63, 3.8) is 0 Å². The summed E-state index contributed by atoms with van der Waals surface area (Å²) >= 11 is 0. The Kier molecular flexibility index (Phi) is 6.00. The minimum Gasteiger partial charge on any atom is -0.416 e. The van der Waals surface area contributed by atoms with Gasteiger partial charge in [-0.1, -0.05) is 27.7 Å². The molecule has 1 aliphatic heterocycles. The number of hydrogen-bond donors (Lipinski definition) is 2. The Balaban J connectivity index is 1.67. The molecule has 0 saturated heterocycles. The average molecular weight is 476 g/mol. The number of hydrogen-bond acceptors (Lipinski definition) is 7. The molecule has 0 amide bonds. The van der Waals surface area contributed by atoms with Gasteiger partial charge in [-0.25, -0.2) is 9.97 Å². The van der Waals surface area contributed by atoms with Crippen LogP contribution in [0, 0.1) is 11.3 Å². The fourth-order valence-corrected chi connectivity index (χ4v) is 4.90. The summed E-state index contributed by atoms with van der Waals surface area (Å²) in [4.78, 5) is 9.02. The van der Waals surface area contributed by atoms with E-state index >= 15 is 0 Å². The number of benzene rings is 1. The van der Waals surface area contributed by atoms with Crippen LogP contribution in [-0.2, 0) is 16.9 Å². The molecule has 8 nitrogen and oxygen atoms in total. The summed E-state index contributed by atoms with van der Waals surface area (Å²) in [5.41, 5.74) is 3.98. The predicted octanol–water partition coefficient (Wildman–Crippen LogP) is 5.20. The Labute approximate surface area is 202 Å². The Morgan fingerprint density at radius 3 is 2.71 bits per heavy atom. The molecule has 1 atom stereocenters. The van der Waals surface area contributed by atoms with Crippen molar-refractivity contribution in [1.82, 2.24) is 19.7 Å². The van der Waals surface area contributed by atoms with Gasteiger partial charge < -0.3 is 15.1 Å². The van der Waals surface area contributed by atoms with Crippen molar-refractivity contribution in [2.75, 3.05) is 23.8 Å². The molecule has 0 unspecified atom stereocenters. The van der Waals surface area contributed by atoms with Crippen molar-refractivity contribution < 1.29 is 4.43 Å². The third-order valence-corrected chi connectivity index (χ3v) is 11.5. The van der Waals surface area contributed by atoms with Gasteiger partial charge in [0.05, 0.1) is 16.9 Å². The molecule has 0 fully saturated rings. The fourth-order valence-electron chi connectivity index (χ4n) is 3.78. The summed E-state index contributed by atoms with van der Waals surface area (Å²) in [7, 11) is -0.0549. The monoisotopic (exact) mass is 475 g/mol. The Morgan fingerprint density at radius 2 is 2.06 bits per heavy atom. The average Bonchev–Trinajstić information content (AvgIpc) is 3.34. The quantitative estimate of drug-likeness (QED) is 0.473. The number of nitrogens with one attached hydrogen (secondary N) is 2. The molecule has 3 heterocycles. The van der Waals surface area contributed by atoms with Crippen LogP contribution in [0.4, 0.5) is 17.5 Å². The van der Waals surface area contributed by atoms with E-state index in [-0.39, 0.29) is 10.5 Å². The summed E-state index contributed by atoms with van der Waals surface area (Å²) in [6.07, 6.45) is 3.57. The lowest BCUT2D eigenvalue weighted by Crippen LogP contribution is -2.45. The van der Waals surface area contributed by atoms with E-state index in [4.69, 9.17) is 4.43 Å². The number of aromatic nitrogens is 4. The maximum absolute atomic E-state index is 9.89. The Bertz CT molecular complexity index is 1250. The number of anilines is 3. The fraction of sp³-hybridized carbons (Fsp3) is 0.440. The lowest BCUT2D eigenvalue weighted by Gasteiger charge is -2.39. The summed E-state index contributed by atoms with van der Waals surface area (Å²) < 4.78 is 8.33. The number of rotatable bonds is 6. The van der Waals surface area contributed by atoms with Gasteiger partial charge in [-0.3, -0.25) is 4.68 Å². The molecule has 34 heavy (non-hydrogen) atoms. The molecule has 3 aromatic rings. The Morgan fingerprint density at radius 1 is 1.29 bits per heavy atom. The molecular formula is C25H33N7OSi. The zero-order chi connectivity index (χ0) is 24.7. The normalized spacial score (nSPS) is 17.7. The highest BCUT2D eigenvalue weighted by Gasteiger charge is 2.42. The highest BCUT2D eigenvalue weighted by Crippen LogP contribution is 2.43. The first kappa shape index (κ1) is 23.9. The van der Waals surface area contributed by atoms with Gasteiger partial charge in [-0.05, 0) is 41.9 Å². The van der Waals surface area contributed by atoms with E-state index in [1.165, 1.54) is 0 Å². The number of nitriles is 1. The summed E-state index contributed by atoms with van der Waals surface area (Å²) in [6.45, 7) is 14.8. The first-order chi connectivity index (χ1) is 15.9. The second kappa shape index (κ2) is 8.53. The highest BCUT2D eigenvalue weighted by atomic mass is 28.4. The number of nitrogens with zero attached hydrogens (tertiary/aromatic N) is 5. The third-order valence-electron chi connectivity index (χ3n) is 7.03. The van der Waals surface area contributed by atoms with Crippen LogP contribution in [0.15, 0.2) is 36.7 Å². The smallest absolute Gasteiger partial charge is 0.228 e. The molecule has 0 aliphatic carbocycles. The maximum atomic E-state index is 9.89. The van der Waals surface area contributed by atoms with Crippen molar-refractivity contribution in [2.24, 2.45) is 7.05 Å². The number of fused-ring (bicyclic) bond motifs is 1. The second-order valence-corrected chi connectivity index (χ2v) is 15.6. The van der Waals surface area contributed by atoms with Crippen molar-refractivity contribution in [3.05, 3.63) is 47.8 Å². The highest BCUT2D eigenvalue weighted by molar-refractivity contribution is 6.74. The maximum Gasteiger partial charge on any atom is 0.228 e. The predicted molar refractivity (Wildman–Crippen MR) is 138 cm³/mol. The van der Waals surface area contributed by atoms with E-state index in [0.717, 1.165) is 29.1 Å². The molecule has 2 aromatic heterocycles. The number of aryl methyl sites for hydroxylation is 1. The molecule has 178 valence electrons. The van der Waals surface area contributed by atoms with Crippen LogP contribution in [0.25, 0.3) is 11.3 Å². The van der Waals surface area contributed by atoms with Gasteiger partial charge in [0.15, 0.2) is 14.1 Å². The standard InChI is InChI=1S/C25H33N7OSi/c1-24(2,3)34(6,7)33-16-25(4)15-28-22-18(14-26)12-17(13-19(22)25)20-8-10-27-23(29-20)30-21-9-11-32(5)31-21/h8-13,28H,15-16H2,1-7H3,(H,27,29,30,31)/t25-/m1/s1. The van der Waals surface area contributed by atoms with Crippen LogP contribution < -0.4 is 10.6 Å². The van der Waals surface area contributed by atoms with Gasteiger partial charge in [0.25, 0.3) is 0 Å². The van der Waals surface area contributed by atoms with Gasteiger partial charge >= 0.3 is 0 Å². The molecule has 9 heteroatoms. The van der Waals surface area contributed by atoms with Crippen molar-refractivity contribution in [3.8, 4) is 17.3 Å². The van der Waals surface area contributed by atoms with Crippen LogP contribution in [0.1, 0.15) is 38.8 Å². The summed E-state index contributed by atoms with van der Waals surface area (Å²) in [5, 5.41) is 21.0. The zero-order valence-electron chi connectivity index (χ0n) is 21.0. The minimum absolute atomic E-state index is 0.135. The molecule has 0 spiro atoms. The van der Waals surface area contributed by atoms with Crippen molar-refractivity contribution in [1.29, 1.82) is 5.26 Å². The Hall–Kier alpha value is -3.22. The molecule has 1 aromatic carbocycles. The van der Waals surface area contributed by atoms with Crippen LogP contribution in [-0.4, -0.2) is 41.2 Å². The first-order valence-electron chi connectivity index (χ1n) is 11.5. The van der Waals surface area contributed by atoms with E-state index in [2.05, 4.69) is 78.6 Å². The second-order valence-electron chi connectivity index (χ2n) is 10.8. The van der Waals surface area contributed by atoms with Crippen molar-refractivity contribution in [2.45, 2.75) is 51.2 Å². The molecule has 0 radical (unpaired) electrons. The lowest BCUT2D eigenvalue weighted by molar-refractivity contribution is 0.220. The largest absolute Gasteiger partial charge is 0.416 e. The summed E-state index contributed by atoms with van der Waals surface area (Å²) in [5.74, 6) is 1.13. The van der Waals surface area contributed by atoms with Gasteiger partial charge in [0.2, 0.25) is 5.95 Å². The topological polar surface area (TPSA) is 101 Å². The lowest BCUT2D eigenvalue weighted by atomic mass is 9.83. The van der Waals surface area contributed by atoms with Gasteiger partial charge in [-0.2, -0.15) is 10.4 Å². The molecular weight excluding hydrogens is 442 g/mol. The van der Waals surface area contributed by atoms with E-state index in [1.807, 2.05) is 31.4 Å². The van der Waals surface area contributed by atoms with Crippen LogP contribution in [0.5, 0.6) is 0 Å².